The molecule has 0 spiro atoms. The zero-order chi connectivity index (χ0) is 13.7. The molecular weight excluding hydrogens is 243 g/mol. The molecule has 0 bridgehead atoms. The number of amides is 1. The van der Waals surface area contributed by atoms with Crippen molar-refractivity contribution in [3.8, 4) is 0 Å². The highest BCUT2D eigenvalue weighted by Crippen LogP contribution is 2.17. The van der Waals surface area contributed by atoms with Crippen molar-refractivity contribution < 1.29 is 9.18 Å². The van der Waals surface area contributed by atoms with Gasteiger partial charge in [-0.25, -0.2) is 4.39 Å². The fourth-order valence-corrected chi connectivity index (χ4v) is 2.52. The molecule has 1 aromatic carbocycles. The SMILES string of the molecule is C[C@H](NC(=O)CNC1CCCC1)c1cccc(F)c1. The fraction of sp³-hybridized carbons (Fsp3) is 0.533. The van der Waals surface area contributed by atoms with Crippen molar-refractivity contribution in [3.05, 3.63) is 35.6 Å². The van der Waals surface area contributed by atoms with Crippen LogP contribution in [0.25, 0.3) is 0 Å². The minimum Gasteiger partial charge on any atom is -0.348 e. The van der Waals surface area contributed by atoms with Crippen LogP contribution in [0, 0.1) is 5.82 Å². The van der Waals surface area contributed by atoms with Gasteiger partial charge in [0.2, 0.25) is 5.91 Å². The summed E-state index contributed by atoms with van der Waals surface area (Å²) in [5.41, 5.74) is 0.786. The van der Waals surface area contributed by atoms with E-state index in [2.05, 4.69) is 10.6 Å². The van der Waals surface area contributed by atoms with E-state index < -0.39 is 0 Å². The number of nitrogens with one attached hydrogen (secondary N) is 2. The van der Waals surface area contributed by atoms with E-state index in [1.54, 1.807) is 6.07 Å². The van der Waals surface area contributed by atoms with Crippen molar-refractivity contribution in [2.24, 2.45) is 0 Å². The van der Waals surface area contributed by atoms with E-state index in [-0.39, 0.29) is 17.8 Å². The second-order valence-corrected chi connectivity index (χ2v) is 5.21. The van der Waals surface area contributed by atoms with Crippen molar-refractivity contribution in [1.82, 2.24) is 10.6 Å². The highest BCUT2D eigenvalue weighted by Gasteiger charge is 2.16. The van der Waals surface area contributed by atoms with Gasteiger partial charge in [0.05, 0.1) is 12.6 Å². The highest BCUT2D eigenvalue weighted by molar-refractivity contribution is 5.78. The third-order valence-electron chi connectivity index (χ3n) is 3.63. The molecule has 1 fully saturated rings. The summed E-state index contributed by atoms with van der Waals surface area (Å²) in [5, 5.41) is 6.14. The Morgan fingerprint density at radius 3 is 2.84 bits per heavy atom. The number of rotatable bonds is 5. The van der Waals surface area contributed by atoms with E-state index in [4.69, 9.17) is 0 Å². The van der Waals surface area contributed by atoms with Gasteiger partial charge < -0.3 is 10.6 Å². The molecule has 19 heavy (non-hydrogen) atoms. The van der Waals surface area contributed by atoms with Gasteiger partial charge in [-0.05, 0) is 37.5 Å². The molecule has 1 aliphatic rings. The second-order valence-electron chi connectivity index (χ2n) is 5.21. The molecule has 1 amide bonds. The fourth-order valence-electron chi connectivity index (χ4n) is 2.52. The summed E-state index contributed by atoms with van der Waals surface area (Å²) in [6, 6.07) is 6.64. The van der Waals surface area contributed by atoms with Crippen LogP contribution in [0.15, 0.2) is 24.3 Å². The van der Waals surface area contributed by atoms with Gasteiger partial charge in [0, 0.05) is 6.04 Å². The number of hydrogen-bond acceptors (Lipinski definition) is 2. The van der Waals surface area contributed by atoms with Crippen molar-refractivity contribution in [2.45, 2.75) is 44.7 Å². The van der Waals surface area contributed by atoms with Crippen LogP contribution in [-0.4, -0.2) is 18.5 Å². The van der Waals surface area contributed by atoms with Gasteiger partial charge in [-0.1, -0.05) is 25.0 Å². The molecule has 0 unspecified atom stereocenters. The van der Waals surface area contributed by atoms with E-state index in [9.17, 15) is 9.18 Å². The Morgan fingerprint density at radius 1 is 1.42 bits per heavy atom. The number of halogens is 1. The molecule has 0 radical (unpaired) electrons. The Morgan fingerprint density at radius 2 is 2.16 bits per heavy atom. The summed E-state index contributed by atoms with van der Waals surface area (Å²) in [4.78, 5) is 11.8. The first-order chi connectivity index (χ1) is 9.15. The minimum absolute atomic E-state index is 0.0383. The van der Waals surface area contributed by atoms with Crippen LogP contribution in [0.3, 0.4) is 0 Å². The average molecular weight is 264 g/mol. The number of benzene rings is 1. The van der Waals surface area contributed by atoms with Gasteiger partial charge in [0.1, 0.15) is 5.82 Å². The van der Waals surface area contributed by atoms with Gasteiger partial charge in [-0.2, -0.15) is 0 Å². The van der Waals surface area contributed by atoms with Gasteiger partial charge in [0.25, 0.3) is 0 Å². The van der Waals surface area contributed by atoms with Crippen LogP contribution in [0.1, 0.15) is 44.2 Å². The molecule has 4 heteroatoms. The predicted molar refractivity (Wildman–Crippen MR) is 73.2 cm³/mol. The third kappa shape index (κ3) is 4.31. The molecule has 104 valence electrons. The summed E-state index contributed by atoms with van der Waals surface area (Å²) in [6.07, 6.45) is 4.82. The van der Waals surface area contributed by atoms with Gasteiger partial charge in [0.15, 0.2) is 0 Å². The molecule has 3 nitrogen and oxygen atoms in total. The number of carbonyl (C=O) groups excluding carboxylic acids is 1. The number of hydrogen-bond donors (Lipinski definition) is 2. The van der Waals surface area contributed by atoms with E-state index >= 15 is 0 Å². The lowest BCUT2D eigenvalue weighted by Gasteiger charge is -2.16. The maximum atomic E-state index is 13.1. The van der Waals surface area contributed by atoms with Crippen LogP contribution in [-0.2, 0) is 4.79 Å². The van der Waals surface area contributed by atoms with Crippen molar-refractivity contribution in [1.29, 1.82) is 0 Å². The van der Waals surface area contributed by atoms with Crippen molar-refractivity contribution in [2.75, 3.05) is 6.54 Å². The lowest BCUT2D eigenvalue weighted by Crippen LogP contribution is -2.39. The summed E-state index contributed by atoms with van der Waals surface area (Å²) in [7, 11) is 0. The summed E-state index contributed by atoms with van der Waals surface area (Å²) < 4.78 is 13.1. The molecule has 1 aromatic rings. The molecule has 1 atom stereocenters. The van der Waals surface area contributed by atoms with Crippen LogP contribution < -0.4 is 10.6 Å². The zero-order valence-electron chi connectivity index (χ0n) is 11.3. The monoisotopic (exact) mass is 264 g/mol. The Balaban J connectivity index is 1.77. The quantitative estimate of drug-likeness (QED) is 0.858. The van der Waals surface area contributed by atoms with Gasteiger partial charge in [-0.15, -0.1) is 0 Å². The smallest absolute Gasteiger partial charge is 0.234 e. The largest absolute Gasteiger partial charge is 0.348 e. The normalized spacial score (nSPS) is 17.4. The molecule has 2 rings (SSSR count). The molecular formula is C15H21FN2O. The van der Waals surface area contributed by atoms with Crippen LogP contribution in [0.4, 0.5) is 4.39 Å². The first kappa shape index (κ1) is 14.0. The van der Waals surface area contributed by atoms with E-state index in [0.29, 0.717) is 12.6 Å². The van der Waals surface area contributed by atoms with Crippen molar-refractivity contribution in [3.63, 3.8) is 0 Å². The van der Waals surface area contributed by atoms with E-state index in [1.807, 2.05) is 13.0 Å². The van der Waals surface area contributed by atoms with E-state index in [1.165, 1.54) is 25.0 Å². The number of carbonyl (C=O) groups is 1. The highest BCUT2D eigenvalue weighted by atomic mass is 19.1. The Labute approximate surface area is 113 Å². The lowest BCUT2D eigenvalue weighted by molar-refractivity contribution is -0.121. The summed E-state index contributed by atoms with van der Waals surface area (Å²) in [6.45, 7) is 2.20. The molecule has 1 saturated carbocycles. The third-order valence-corrected chi connectivity index (χ3v) is 3.63. The molecule has 0 saturated heterocycles. The molecule has 0 aliphatic heterocycles. The minimum atomic E-state index is -0.275. The maximum Gasteiger partial charge on any atom is 0.234 e. The van der Waals surface area contributed by atoms with Crippen LogP contribution in [0.2, 0.25) is 0 Å². The van der Waals surface area contributed by atoms with Crippen molar-refractivity contribution >= 4 is 5.91 Å². The molecule has 1 aliphatic carbocycles. The maximum absolute atomic E-state index is 13.1. The van der Waals surface area contributed by atoms with Gasteiger partial charge in [-0.3, -0.25) is 4.79 Å². The average Bonchev–Trinajstić information content (AvgIpc) is 2.89. The van der Waals surface area contributed by atoms with E-state index in [0.717, 1.165) is 18.4 Å². The van der Waals surface area contributed by atoms with Gasteiger partial charge >= 0.3 is 0 Å². The Bertz CT molecular complexity index is 430. The van der Waals surface area contributed by atoms with Crippen LogP contribution >= 0.6 is 0 Å². The molecule has 2 N–H and O–H groups in total. The second kappa shape index (κ2) is 6.66. The zero-order valence-corrected chi connectivity index (χ0v) is 11.3. The first-order valence-corrected chi connectivity index (χ1v) is 6.93. The Hall–Kier alpha value is -1.42. The summed E-state index contributed by atoms with van der Waals surface area (Å²) >= 11 is 0. The first-order valence-electron chi connectivity index (χ1n) is 6.93. The predicted octanol–water partition coefficient (Wildman–Crippen LogP) is 2.54. The van der Waals surface area contributed by atoms with Crippen LogP contribution in [0.5, 0.6) is 0 Å². The summed E-state index contributed by atoms with van der Waals surface area (Å²) in [5.74, 6) is -0.314. The standard InChI is InChI=1S/C15H21FN2O/c1-11(12-5-4-6-13(16)9-12)18-15(19)10-17-14-7-2-3-8-14/h4-6,9,11,14,17H,2-3,7-8,10H2,1H3,(H,18,19)/t11-/m0/s1. The lowest BCUT2D eigenvalue weighted by atomic mass is 10.1. The Kier molecular flexibility index (Phi) is 4.91. The molecule has 0 heterocycles. The molecule has 0 aromatic heterocycles. The topological polar surface area (TPSA) is 41.1 Å².